The standard InChI is InChI=1S/C31H22O3.V/c32-31(33-19-29-25-13-5-1-9-21(25)17-22-10-2-6-14-26(22)29)34-20-30-27-15-7-3-11-23(27)18-24-12-4-8-16-28(24)30;/h1-18H,19-20H2;. The van der Waals surface area contributed by atoms with Crippen LogP contribution in [0.5, 0.6) is 0 Å². The molecule has 0 fully saturated rings. The van der Waals surface area contributed by atoms with Crippen LogP contribution < -0.4 is 0 Å². The van der Waals surface area contributed by atoms with Gasteiger partial charge in [-0.25, -0.2) is 4.79 Å². The molecule has 6 aromatic carbocycles. The first-order valence-corrected chi connectivity index (χ1v) is 11.4. The first-order chi connectivity index (χ1) is 16.8. The number of rotatable bonds is 4. The van der Waals surface area contributed by atoms with E-state index in [9.17, 15) is 4.79 Å². The van der Waals surface area contributed by atoms with Gasteiger partial charge < -0.3 is 9.47 Å². The molecule has 0 atom stereocenters. The van der Waals surface area contributed by atoms with Crippen molar-refractivity contribution in [2.24, 2.45) is 0 Å². The third kappa shape index (κ3) is 4.37. The van der Waals surface area contributed by atoms with E-state index in [0.29, 0.717) is 0 Å². The predicted molar refractivity (Wildman–Crippen MR) is 138 cm³/mol. The fraction of sp³-hybridized carbons (Fsp3) is 0.0645. The fourth-order valence-corrected chi connectivity index (χ4v) is 4.83. The minimum Gasteiger partial charge on any atom is -0.429 e. The molecule has 0 spiro atoms. The Kier molecular flexibility index (Phi) is 6.46. The molecule has 0 aliphatic heterocycles. The quantitative estimate of drug-likeness (QED) is 0.184. The number of benzene rings is 6. The molecule has 4 heteroatoms. The van der Waals surface area contributed by atoms with Crippen LogP contribution in [0, 0.1) is 0 Å². The molecule has 6 aromatic rings. The van der Waals surface area contributed by atoms with Crippen LogP contribution in [0.4, 0.5) is 4.79 Å². The molecule has 0 saturated carbocycles. The zero-order chi connectivity index (χ0) is 22.9. The Labute approximate surface area is 215 Å². The number of hydrogen-bond donors (Lipinski definition) is 0. The van der Waals surface area contributed by atoms with Gasteiger partial charge in [-0.2, -0.15) is 0 Å². The Morgan fingerprint density at radius 2 is 0.771 bits per heavy atom. The molecule has 35 heavy (non-hydrogen) atoms. The van der Waals surface area contributed by atoms with Gasteiger partial charge in [0.2, 0.25) is 0 Å². The summed E-state index contributed by atoms with van der Waals surface area (Å²) in [6, 6.07) is 37.0. The SMILES string of the molecule is O=C(OCc1c2ccccc2cc2ccccc12)OCc1c2ccccc2cc2ccccc12.[V]. The van der Waals surface area contributed by atoms with E-state index in [0.717, 1.165) is 54.2 Å². The van der Waals surface area contributed by atoms with Crippen molar-refractivity contribution in [3.05, 3.63) is 120 Å². The average molecular weight is 493 g/mol. The molecule has 0 bridgehead atoms. The van der Waals surface area contributed by atoms with E-state index in [2.05, 4.69) is 60.7 Å². The number of ether oxygens (including phenoxy) is 2. The van der Waals surface area contributed by atoms with Crippen molar-refractivity contribution in [3.63, 3.8) is 0 Å². The van der Waals surface area contributed by atoms with Crippen molar-refractivity contribution in [2.45, 2.75) is 13.2 Å². The number of carbonyl (C=O) groups excluding carboxylic acids is 1. The molecule has 0 heterocycles. The van der Waals surface area contributed by atoms with Gasteiger partial charge in [-0.15, -0.1) is 0 Å². The van der Waals surface area contributed by atoms with Gasteiger partial charge in [0.1, 0.15) is 13.2 Å². The van der Waals surface area contributed by atoms with Gasteiger partial charge in [0.25, 0.3) is 0 Å². The van der Waals surface area contributed by atoms with Crippen LogP contribution in [0.25, 0.3) is 43.1 Å². The van der Waals surface area contributed by atoms with E-state index in [1.165, 1.54) is 0 Å². The summed E-state index contributed by atoms with van der Waals surface area (Å²) in [5.74, 6) is 0. The summed E-state index contributed by atoms with van der Waals surface area (Å²) in [7, 11) is 0. The molecule has 6 rings (SSSR count). The van der Waals surface area contributed by atoms with Crippen molar-refractivity contribution in [2.75, 3.05) is 0 Å². The monoisotopic (exact) mass is 493 g/mol. The third-order valence-corrected chi connectivity index (χ3v) is 6.43. The Bertz CT molecular complexity index is 1460. The average Bonchev–Trinajstić information content (AvgIpc) is 2.89. The molecule has 0 saturated heterocycles. The third-order valence-electron chi connectivity index (χ3n) is 6.43. The summed E-state index contributed by atoms with van der Waals surface area (Å²) in [5.41, 5.74) is 1.97. The van der Waals surface area contributed by atoms with Gasteiger partial charge in [-0.3, -0.25) is 0 Å². The molecule has 0 N–H and O–H groups in total. The molecule has 0 aliphatic rings. The zero-order valence-electron chi connectivity index (χ0n) is 19.0. The van der Waals surface area contributed by atoms with Crippen molar-refractivity contribution in [1.82, 2.24) is 0 Å². The second-order valence-electron chi connectivity index (χ2n) is 8.42. The summed E-state index contributed by atoms with van der Waals surface area (Å²) >= 11 is 0. The molecular weight excluding hydrogens is 471 g/mol. The van der Waals surface area contributed by atoms with E-state index in [1.54, 1.807) is 0 Å². The van der Waals surface area contributed by atoms with Crippen LogP contribution in [-0.4, -0.2) is 6.16 Å². The van der Waals surface area contributed by atoms with Crippen LogP contribution in [0.3, 0.4) is 0 Å². The second-order valence-corrected chi connectivity index (χ2v) is 8.42. The van der Waals surface area contributed by atoms with Gasteiger partial charge in [0, 0.05) is 29.7 Å². The van der Waals surface area contributed by atoms with Crippen LogP contribution in [-0.2, 0) is 41.2 Å². The molecule has 0 aliphatic carbocycles. The summed E-state index contributed by atoms with van der Waals surface area (Å²) in [4.78, 5) is 12.7. The van der Waals surface area contributed by atoms with Crippen molar-refractivity contribution in [3.8, 4) is 0 Å². The largest absolute Gasteiger partial charge is 0.508 e. The first kappa shape index (κ1) is 23.0. The van der Waals surface area contributed by atoms with Crippen molar-refractivity contribution in [1.29, 1.82) is 0 Å². The minimum absolute atomic E-state index is 0. The summed E-state index contributed by atoms with van der Waals surface area (Å²) < 4.78 is 11.3. The van der Waals surface area contributed by atoms with E-state index < -0.39 is 6.16 Å². The maximum atomic E-state index is 12.7. The van der Waals surface area contributed by atoms with Gasteiger partial charge in [-0.1, -0.05) is 97.1 Å². The molecule has 3 nitrogen and oxygen atoms in total. The molecule has 0 aromatic heterocycles. The van der Waals surface area contributed by atoms with Gasteiger partial charge in [-0.05, 0) is 55.2 Å². The molecule has 1 radical (unpaired) electrons. The number of carbonyl (C=O) groups is 1. The van der Waals surface area contributed by atoms with Crippen molar-refractivity contribution >= 4 is 49.2 Å². The fourth-order valence-electron chi connectivity index (χ4n) is 4.83. The van der Waals surface area contributed by atoms with Crippen LogP contribution in [0.1, 0.15) is 11.1 Å². The molecule has 0 unspecified atom stereocenters. The van der Waals surface area contributed by atoms with Gasteiger partial charge in [0.15, 0.2) is 0 Å². The van der Waals surface area contributed by atoms with Gasteiger partial charge in [0.05, 0.1) is 0 Å². The Hall–Kier alpha value is -3.79. The normalized spacial score (nSPS) is 11.0. The number of hydrogen-bond acceptors (Lipinski definition) is 3. The number of fused-ring (bicyclic) bond motifs is 4. The summed E-state index contributed by atoms with van der Waals surface area (Å²) in [5, 5.41) is 8.79. The molecular formula is C31H22O3V. The first-order valence-electron chi connectivity index (χ1n) is 11.4. The van der Waals surface area contributed by atoms with E-state index in [1.807, 2.05) is 48.5 Å². The van der Waals surface area contributed by atoms with E-state index in [4.69, 9.17) is 9.47 Å². The van der Waals surface area contributed by atoms with Gasteiger partial charge >= 0.3 is 6.16 Å². The maximum absolute atomic E-state index is 12.7. The van der Waals surface area contributed by atoms with E-state index >= 15 is 0 Å². The van der Waals surface area contributed by atoms with Crippen molar-refractivity contribution < 1.29 is 32.8 Å². The van der Waals surface area contributed by atoms with Crippen LogP contribution >= 0.6 is 0 Å². The maximum Gasteiger partial charge on any atom is 0.508 e. The predicted octanol–water partition coefficient (Wildman–Crippen LogP) is 8.15. The Morgan fingerprint density at radius 1 is 0.486 bits per heavy atom. The summed E-state index contributed by atoms with van der Waals surface area (Å²) in [6.45, 7) is 0.300. The minimum atomic E-state index is -0.672. The van der Waals surface area contributed by atoms with E-state index in [-0.39, 0.29) is 31.8 Å². The van der Waals surface area contributed by atoms with Crippen LogP contribution in [0.2, 0.25) is 0 Å². The molecule has 169 valence electrons. The smallest absolute Gasteiger partial charge is 0.429 e. The van der Waals surface area contributed by atoms with Crippen LogP contribution in [0.15, 0.2) is 109 Å². The Morgan fingerprint density at radius 3 is 1.09 bits per heavy atom. The summed E-state index contributed by atoms with van der Waals surface area (Å²) in [6.07, 6.45) is -0.672. The topological polar surface area (TPSA) is 35.5 Å². The Balaban J connectivity index is 0.00000253. The molecule has 0 amide bonds. The second kappa shape index (κ2) is 9.83. The zero-order valence-corrected chi connectivity index (χ0v) is 20.4.